The van der Waals surface area contributed by atoms with Crippen LogP contribution in [0.1, 0.15) is 36.8 Å². The van der Waals surface area contributed by atoms with Gasteiger partial charge in [-0.2, -0.15) is 0 Å². The number of pyridine rings is 2. The van der Waals surface area contributed by atoms with Crippen LogP contribution in [0.3, 0.4) is 0 Å². The van der Waals surface area contributed by atoms with Crippen molar-refractivity contribution in [1.29, 1.82) is 0 Å². The SMILES string of the molecule is COc1cc(-c2nccc(-c3cccc(-c4ccc5c(OC)c(CNC[C@@H]6CCC(=O)N6)cc(Cl)c5n4)c3Cl)c2Cl)cc(F)c1CNC[C@H]1CCC(=O)N1. The van der Waals surface area contributed by atoms with Gasteiger partial charge in [0.15, 0.2) is 0 Å². The zero-order chi connectivity index (χ0) is 37.9. The van der Waals surface area contributed by atoms with E-state index in [2.05, 4.69) is 26.3 Å². The lowest BCUT2D eigenvalue weighted by Gasteiger charge is -2.17. The number of carbonyl (C=O) groups excluding carboxylic acids is 2. The molecular weight excluding hydrogens is 754 g/mol. The molecule has 4 N–H and O–H groups in total. The van der Waals surface area contributed by atoms with Crippen molar-refractivity contribution >= 4 is 57.5 Å². The molecule has 2 fully saturated rings. The van der Waals surface area contributed by atoms with E-state index in [0.29, 0.717) is 98.7 Å². The van der Waals surface area contributed by atoms with E-state index in [-0.39, 0.29) is 35.5 Å². The number of nitrogens with zero attached hydrogens (tertiary/aromatic N) is 2. The second-order valence-corrected chi connectivity index (χ2v) is 14.5. The van der Waals surface area contributed by atoms with E-state index >= 15 is 4.39 Å². The van der Waals surface area contributed by atoms with E-state index in [1.165, 1.54) is 13.2 Å². The molecule has 2 aliphatic rings. The molecule has 0 spiro atoms. The number of halogens is 4. The smallest absolute Gasteiger partial charge is 0.220 e. The highest BCUT2D eigenvalue weighted by molar-refractivity contribution is 6.39. The molecule has 0 unspecified atom stereocenters. The molecule has 7 rings (SSSR count). The maximum absolute atomic E-state index is 15.6. The molecule has 280 valence electrons. The van der Waals surface area contributed by atoms with Gasteiger partial charge in [-0.05, 0) is 49.2 Å². The Morgan fingerprint density at radius 1 is 0.833 bits per heavy atom. The highest BCUT2D eigenvalue weighted by Crippen LogP contribution is 2.43. The molecule has 0 saturated carbocycles. The van der Waals surface area contributed by atoms with E-state index in [1.54, 1.807) is 25.4 Å². The van der Waals surface area contributed by atoms with Crippen molar-refractivity contribution in [3.8, 4) is 45.1 Å². The molecule has 0 bridgehead atoms. The largest absolute Gasteiger partial charge is 0.496 e. The summed E-state index contributed by atoms with van der Waals surface area (Å²) < 4.78 is 27.0. The lowest BCUT2D eigenvalue weighted by molar-refractivity contribution is -0.120. The molecule has 2 saturated heterocycles. The first-order valence-electron chi connectivity index (χ1n) is 17.6. The van der Waals surface area contributed by atoms with Crippen LogP contribution in [0.25, 0.3) is 44.5 Å². The zero-order valence-electron chi connectivity index (χ0n) is 29.6. The van der Waals surface area contributed by atoms with Crippen molar-refractivity contribution in [3.05, 3.63) is 92.8 Å². The van der Waals surface area contributed by atoms with Gasteiger partial charge >= 0.3 is 0 Å². The van der Waals surface area contributed by atoms with E-state index in [4.69, 9.17) is 49.3 Å². The number of nitrogens with one attached hydrogen (secondary N) is 4. The quantitative estimate of drug-likeness (QED) is 0.0968. The summed E-state index contributed by atoms with van der Waals surface area (Å²) in [6, 6.07) is 16.2. The summed E-state index contributed by atoms with van der Waals surface area (Å²) in [5.41, 5.74) is 5.09. The zero-order valence-corrected chi connectivity index (χ0v) is 31.9. The molecule has 14 heteroatoms. The summed E-state index contributed by atoms with van der Waals surface area (Å²) in [5.74, 6) is 0.626. The third kappa shape index (κ3) is 7.83. The molecule has 4 heterocycles. The first-order chi connectivity index (χ1) is 26.1. The summed E-state index contributed by atoms with van der Waals surface area (Å²) >= 11 is 21.0. The summed E-state index contributed by atoms with van der Waals surface area (Å²) in [6.07, 6.45) is 4.19. The summed E-state index contributed by atoms with van der Waals surface area (Å²) in [6.45, 7) is 1.87. The minimum atomic E-state index is -0.476. The van der Waals surface area contributed by atoms with Gasteiger partial charge in [-0.3, -0.25) is 14.6 Å². The third-order valence-corrected chi connectivity index (χ3v) is 10.9. The minimum absolute atomic E-state index is 0.0151. The molecule has 54 heavy (non-hydrogen) atoms. The number of amides is 2. The van der Waals surface area contributed by atoms with Gasteiger partial charge in [-0.15, -0.1) is 0 Å². The predicted molar refractivity (Wildman–Crippen MR) is 210 cm³/mol. The Morgan fingerprint density at radius 3 is 2.19 bits per heavy atom. The molecule has 2 atom stereocenters. The Morgan fingerprint density at radius 2 is 1.52 bits per heavy atom. The fourth-order valence-corrected chi connectivity index (χ4v) is 8.04. The monoisotopic (exact) mass is 790 g/mol. The molecule has 2 amide bonds. The van der Waals surface area contributed by atoms with Crippen LogP contribution in [0, 0.1) is 5.82 Å². The van der Waals surface area contributed by atoms with Gasteiger partial charge in [0.25, 0.3) is 0 Å². The molecule has 2 aliphatic heterocycles. The standard InChI is InChI=1S/C40H38Cl3FN6O4/c1-53-33-16-21(15-31(44)29(33)20-46-19-24-7-11-35(52)49-24)38-37(43)26(12-13-47-38)25-4-3-5-27(36(25)42)32-9-8-28-39(50-32)30(41)14-22(40(28)54-2)17-45-18-23-6-10-34(51)48-23/h3-5,8-9,12-16,23-24,45-46H,6-7,10-11,17-20H2,1-2H3,(H,48,51)(H,49,52)/t23-,24+/m0/s1. The average molecular weight is 792 g/mol. The number of ether oxygens (including phenoxy) is 2. The number of benzene rings is 3. The number of hydrogen-bond donors (Lipinski definition) is 4. The number of methoxy groups -OCH3 is 2. The molecule has 0 aliphatic carbocycles. The fourth-order valence-electron chi connectivity index (χ4n) is 7.11. The second-order valence-electron chi connectivity index (χ2n) is 13.3. The van der Waals surface area contributed by atoms with Crippen LogP contribution in [0.2, 0.25) is 15.1 Å². The van der Waals surface area contributed by atoms with Gasteiger partial charge in [-0.25, -0.2) is 9.37 Å². The van der Waals surface area contributed by atoms with Gasteiger partial charge in [0.05, 0.1) is 46.2 Å². The Bertz CT molecular complexity index is 2260. The third-order valence-electron chi connectivity index (χ3n) is 9.83. The number of aromatic nitrogens is 2. The predicted octanol–water partition coefficient (Wildman–Crippen LogP) is 7.48. The van der Waals surface area contributed by atoms with E-state index in [9.17, 15) is 9.59 Å². The molecule has 0 radical (unpaired) electrons. The van der Waals surface area contributed by atoms with Gasteiger partial charge in [0.2, 0.25) is 11.8 Å². The maximum Gasteiger partial charge on any atom is 0.220 e. The molecule has 10 nitrogen and oxygen atoms in total. The van der Waals surface area contributed by atoms with Gasteiger partial charge in [-0.1, -0.05) is 53.0 Å². The lowest BCUT2D eigenvalue weighted by Crippen LogP contribution is -2.35. The van der Waals surface area contributed by atoms with E-state index in [0.717, 1.165) is 23.8 Å². The van der Waals surface area contributed by atoms with Crippen molar-refractivity contribution in [2.75, 3.05) is 27.3 Å². The minimum Gasteiger partial charge on any atom is -0.496 e. The Hall–Kier alpha value is -4.52. The van der Waals surface area contributed by atoms with Crippen LogP contribution in [-0.4, -0.2) is 61.2 Å². The molecule has 5 aromatic rings. The number of fused-ring (bicyclic) bond motifs is 1. The topological polar surface area (TPSA) is 126 Å². The van der Waals surface area contributed by atoms with Crippen LogP contribution in [0.4, 0.5) is 4.39 Å². The Kier molecular flexibility index (Phi) is 11.5. The van der Waals surface area contributed by atoms with Crippen molar-refractivity contribution in [3.63, 3.8) is 0 Å². The number of rotatable bonds is 13. The normalized spacial score (nSPS) is 16.9. The molecule has 3 aromatic carbocycles. The molecular formula is C40H38Cl3FN6O4. The molecule has 2 aromatic heterocycles. The first-order valence-corrected chi connectivity index (χ1v) is 18.7. The van der Waals surface area contributed by atoms with Gasteiger partial charge in [0.1, 0.15) is 17.3 Å². The summed E-state index contributed by atoms with van der Waals surface area (Å²) in [7, 11) is 3.10. The van der Waals surface area contributed by atoms with Crippen molar-refractivity contribution in [1.82, 2.24) is 31.2 Å². The Balaban J connectivity index is 1.15. The number of hydrogen-bond acceptors (Lipinski definition) is 8. The van der Waals surface area contributed by atoms with Crippen LogP contribution >= 0.6 is 34.8 Å². The maximum atomic E-state index is 15.6. The van der Waals surface area contributed by atoms with Crippen molar-refractivity contribution in [2.45, 2.75) is 50.9 Å². The van der Waals surface area contributed by atoms with E-state index < -0.39 is 5.82 Å². The highest BCUT2D eigenvalue weighted by atomic mass is 35.5. The van der Waals surface area contributed by atoms with Crippen LogP contribution < -0.4 is 30.7 Å². The van der Waals surface area contributed by atoms with Gasteiger partial charge < -0.3 is 30.7 Å². The highest BCUT2D eigenvalue weighted by Gasteiger charge is 2.24. The van der Waals surface area contributed by atoms with Crippen molar-refractivity contribution in [2.24, 2.45) is 0 Å². The second kappa shape index (κ2) is 16.5. The van der Waals surface area contributed by atoms with E-state index in [1.807, 2.05) is 36.4 Å². The van der Waals surface area contributed by atoms with Crippen LogP contribution in [0.15, 0.2) is 60.8 Å². The summed E-state index contributed by atoms with van der Waals surface area (Å²) in [5, 5.41) is 14.4. The van der Waals surface area contributed by atoms with Crippen LogP contribution in [-0.2, 0) is 22.7 Å². The fraction of sp³-hybridized carbons (Fsp3) is 0.300. The Labute approximate surface area is 327 Å². The lowest BCUT2D eigenvalue weighted by atomic mass is 9.98. The summed E-state index contributed by atoms with van der Waals surface area (Å²) in [4.78, 5) is 32.5. The van der Waals surface area contributed by atoms with Crippen LogP contribution in [0.5, 0.6) is 11.5 Å². The first kappa shape index (κ1) is 37.8. The van der Waals surface area contributed by atoms with Gasteiger partial charge in [0, 0.05) is 96.1 Å². The van der Waals surface area contributed by atoms with Crippen molar-refractivity contribution < 1.29 is 23.5 Å². The average Bonchev–Trinajstić information content (AvgIpc) is 3.79. The number of carbonyl (C=O) groups is 2.